The molecule has 0 heterocycles. The van der Waals surface area contributed by atoms with Crippen LogP contribution in [0.1, 0.15) is 41.9 Å². The maximum absolute atomic E-state index is 12.3. The average Bonchev–Trinajstić information content (AvgIpc) is 2.68. The summed E-state index contributed by atoms with van der Waals surface area (Å²) in [5.41, 5.74) is 2.56. The average molecular weight is 371 g/mol. The molecule has 0 fully saturated rings. The Balaban J connectivity index is 1.86. The Labute approximate surface area is 160 Å². The highest BCUT2D eigenvalue weighted by Gasteiger charge is 2.13. The second-order valence-electron chi connectivity index (χ2n) is 5.97. The van der Waals surface area contributed by atoms with Gasteiger partial charge in [0, 0.05) is 29.6 Å². The van der Waals surface area contributed by atoms with Crippen LogP contribution < -0.4 is 5.32 Å². The van der Waals surface area contributed by atoms with E-state index in [1.54, 1.807) is 40.9 Å². The fourth-order valence-corrected chi connectivity index (χ4v) is 3.43. The van der Waals surface area contributed by atoms with Crippen LogP contribution in [0.5, 0.6) is 0 Å². The number of nitrogens with zero attached hydrogens (tertiary/aromatic N) is 1. The second kappa shape index (κ2) is 10.0. The number of carbonyl (C=O) groups excluding carboxylic acids is 2. The molecular weight excluding hydrogens is 344 g/mol. The van der Waals surface area contributed by atoms with Crippen LogP contribution in [-0.4, -0.2) is 35.6 Å². The summed E-state index contributed by atoms with van der Waals surface area (Å²) in [4.78, 5) is 26.2. The molecule has 0 saturated carbocycles. The predicted octanol–water partition coefficient (Wildman–Crippen LogP) is 4.60. The minimum absolute atomic E-state index is 0.0140. The Morgan fingerprint density at radius 1 is 1.00 bits per heavy atom. The Morgan fingerprint density at radius 2 is 1.62 bits per heavy atom. The van der Waals surface area contributed by atoms with Gasteiger partial charge in [-0.15, -0.1) is 11.8 Å². The Hall–Kier alpha value is -2.27. The zero-order chi connectivity index (χ0) is 18.9. The predicted molar refractivity (Wildman–Crippen MR) is 110 cm³/mol. The third kappa shape index (κ3) is 5.63. The van der Waals surface area contributed by atoms with Crippen molar-refractivity contribution in [3.05, 3.63) is 65.7 Å². The van der Waals surface area contributed by atoms with Crippen molar-refractivity contribution in [3.63, 3.8) is 0 Å². The van der Waals surface area contributed by atoms with E-state index < -0.39 is 0 Å². The maximum Gasteiger partial charge on any atom is 0.253 e. The highest BCUT2D eigenvalue weighted by molar-refractivity contribution is 8.00. The van der Waals surface area contributed by atoms with Crippen molar-refractivity contribution in [3.8, 4) is 0 Å². The smallest absolute Gasteiger partial charge is 0.253 e. The first-order chi connectivity index (χ1) is 12.5. The Kier molecular flexibility index (Phi) is 7.73. The van der Waals surface area contributed by atoms with Crippen LogP contribution in [0.2, 0.25) is 0 Å². The van der Waals surface area contributed by atoms with Crippen LogP contribution in [0.4, 0.5) is 5.69 Å². The number of benzene rings is 2. The van der Waals surface area contributed by atoms with Crippen LogP contribution in [0.25, 0.3) is 0 Å². The van der Waals surface area contributed by atoms with Crippen LogP contribution in [0.15, 0.2) is 54.6 Å². The number of carbonyl (C=O) groups is 2. The molecule has 2 aromatic carbocycles. The summed E-state index contributed by atoms with van der Waals surface area (Å²) in [5.74, 6) is 0.358. The number of thioether (sulfide) groups is 1. The van der Waals surface area contributed by atoms with Crippen LogP contribution in [-0.2, 0) is 4.79 Å². The molecule has 0 bridgehead atoms. The maximum atomic E-state index is 12.3. The lowest BCUT2D eigenvalue weighted by atomic mass is 10.2. The number of rotatable bonds is 8. The molecule has 0 saturated heterocycles. The highest BCUT2D eigenvalue weighted by atomic mass is 32.2. The van der Waals surface area contributed by atoms with Crippen LogP contribution in [0, 0.1) is 0 Å². The number of amides is 2. The lowest BCUT2D eigenvalue weighted by Crippen LogP contribution is -2.30. The lowest BCUT2D eigenvalue weighted by Gasteiger charge is -2.18. The zero-order valence-corrected chi connectivity index (χ0v) is 16.4. The lowest BCUT2D eigenvalue weighted by molar-refractivity contribution is -0.113. The van der Waals surface area contributed by atoms with Crippen molar-refractivity contribution >= 4 is 29.3 Å². The van der Waals surface area contributed by atoms with E-state index in [4.69, 9.17) is 0 Å². The largest absolute Gasteiger partial charge is 0.339 e. The van der Waals surface area contributed by atoms with Gasteiger partial charge in [-0.25, -0.2) is 0 Å². The molecule has 0 aliphatic heterocycles. The summed E-state index contributed by atoms with van der Waals surface area (Å²) in [6.45, 7) is 7.39. The Morgan fingerprint density at radius 3 is 2.19 bits per heavy atom. The molecule has 0 aromatic heterocycles. The van der Waals surface area contributed by atoms with E-state index in [-0.39, 0.29) is 17.1 Å². The van der Waals surface area contributed by atoms with E-state index in [1.807, 2.05) is 32.0 Å². The topological polar surface area (TPSA) is 49.4 Å². The summed E-state index contributed by atoms with van der Waals surface area (Å²) in [7, 11) is 0. The molecule has 2 amide bonds. The molecule has 5 heteroatoms. The summed E-state index contributed by atoms with van der Waals surface area (Å²) in [5, 5.41) is 3.15. The monoisotopic (exact) mass is 370 g/mol. The molecule has 0 aliphatic rings. The number of hydrogen-bond donors (Lipinski definition) is 1. The van der Waals surface area contributed by atoms with E-state index >= 15 is 0 Å². The van der Waals surface area contributed by atoms with Gasteiger partial charge < -0.3 is 10.2 Å². The van der Waals surface area contributed by atoms with E-state index in [1.165, 1.54) is 5.56 Å². The van der Waals surface area contributed by atoms with Crippen molar-refractivity contribution in [1.82, 2.24) is 4.90 Å². The summed E-state index contributed by atoms with van der Waals surface area (Å²) >= 11 is 1.60. The van der Waals surface area contributed by atoms with Gasteiger partial charge in [0.1, 0.15) is 0 Å². The first-order valence-electron chi connectivity index (χ1n) is 8.90. The van der Waals surface area contributed by atoms with Gasteiger partial charge in [-0.1, -0.05) is 30.3 Å². The summed E-state index contributed by atoms with van der Waals surface area (Å²) in [6.07, 6.45) is 0. The first-order valence-corrected chi connectivity index (χ1v) is 9.95. The van der Waals surface area contributed by atoms with Gasteiger partial charge in [-0.2, -0.15) is 0 Å². The zero-order valence-electron chi connectivity index (χ0n) is 15.6. The molecule has 2 aromatic rings. The van der Waals surface area contributed by atoms with Gasteiger partial charge in [0.15, 0.2) is 0 Å². The molecule has 138 valence electrons. The molecule has 1 atom stereocenters. The SMILES string of the molecule is CCN(CC)C(=O)c1ccc(NC(=O)CS[C@@H](C)c2ccccc2)cc1. The molecule has 0 aliphatic carbocycles. The van der Waals surface area contributed by atoms with E-state index in [0.717, 1.165) is 0 Å². The van der Waals surface area contributed by atoms with Crippen LogP contribution >= 0.6 is 11.8 Å². The van der Waals surface area contributed by atoms with Crippen molar-refractivity contribution in [1.29, 1.82) is 0 Å². The van der Waals surface area contributed by atoms with Gasteiger partial charge in [0.25, 0.3) is 5.91 Å². The van der Waals surface area contributed by atoms with Gasteiger partial charge in [0.2, 0.25) is 5.91 Å². The third-order valence-electron chi connectivity index (χ3n) is 4.20. The van der Waals surface area contributed by atoms with E-state index in [9.17, 15) is 9.59 Å². The minimum Gasteiger partial charge on any atom is -0.339 e. The molecule has 0 unspecified atom stereocenters. The number of nitrogens with one attached hydrogen (secondary N) is 1. The molecule has 0 spiro atoms. The molecule has 4 nitrogen and oxygen atoms in total. The third-order valence-corrected chi connectivity index (χ3v) is 5.40. The van der Waals surface area contributed by atoms with Crippen molar-refractivity contribution < 1.29 is 9.59 Å². The van der Waals surface area contributed by atoms with E-state index in [2.05, 4.69) is 24.4 Å². The fourth-order valence-electron chi connectivity index (χ4n) is 2.61. The van der Waals surface area contributed by atoms with Gasteiger partial charge in [0.05, 0.1) is 5.75 Å². The molecule has 1 N–H and O–H groups in total. The summed E-state index contributed by atoms with van der Waals surface area (Å²) in [6, 6.07) is 17.2. The molecule has 0 radical (unpaired) electrons. The standard InChI is InChI=1S/C21H26N2O2S/c1-4-23(5-2)21(25)18-11-13-19(14-12-18)22-20(24)15-26-16(3)17-9-7-6-8-10-17/h6-14,16H,4-5,15H2,1-3H3,(H,22,24)/t16-/m0/s1. The van der Waals surface area contributed by atoms with E-state index in [0.29, 0.717) is 30.1 Å². The van der Waals surface area contributed by atoms with Gasteiger partial charge >= 0.3 is 0 Å². The molecular formula is C21H26N2O2S. The van der Waals surface area contributed by atoms with Crippen molar-refractivity contribution in [2.45, 2.75) is 26.0 Å². The molecule has 26 heavy (non-hydrogen) atoms. The normalized spacial score (nSPS) is 11.7. The number of hydrogen-bond acceptors (Lipinski definition) is 3. The van der Waals surface area contributed by atoms with Crippen molar-refractivity contribution in [2.75, 3.05) is 24.2 Å². The van der Waals surface area contributed by atoms with Gasteiger partial charge in [-0.3, -0.25) is 9.59 Å². The molecule has 2 rings (SSSR count). The first kappa shape index (κ1) is 20.0. The quantitative estimate of drug-likeness (QED) is 0.739. The minimum atomic E-state index is -0.0411. The number of anilines is 1. The van der Waals surface area contributed by atoms with Gasteiger partial charge in [-0.05, 0) is 50.6 Å². The van der Waals surface area contributed by atoms with Crippen LogP contribution in [0.3, 0.4) is 0 Å². The highest BCUT2D eigenvalue weighted by Crippen LogP contribution is 2.27. The Bertz CT molecular complexity index is 713. The second-order valence-corrected chi connectivity index (χ2v) is 7.30. The summed E-state index contributed by atoms with van der Waals surface area (Å²) < 4.78 is 0. The fraction of sp³-hybridized carbons (Fsp3) is 0.333. The van der Waals surface area contributed by atoms with Crippen molar-refractivity contribution in [2.24, 2.45) is 0 Å².